The third-order valence-corrected chi connectivity index (χ3v) is 12.3. The zero-order valence-electron chi connectivity index (χ0n) is 31.2. The van der Waals surface area contributed by atoms with E-state index in [4.69, 9.17) is 0 Å². The molecule has 55 heavy (non-hydrogen) atoms. The average molecular weight is 706 g/mol. The number of nitrogens with zero attached hydrogens (tertiary/aromatic N) is 1. The lowest BCUT2D eigenvalue weighted by atomic mass is 9.67. The first-order chi connectivity index (χ1) is 27.2. The maximum absolute atomic E-state index is 2.59. The van der Waals surface area contributed by atoms with Crippen LogP contribution in [0.2, 0.25) is 0 Å². The molecule has 1 heteroatoms. The van der Waals surface area contributed by atoms with E-state index in [1.807, 2.05) is 0 Å². The van der Waals surface area contributed by atoms with Crippen LogP contribution < -0.4 is 0 Å². The summed E-state index contributed by atoms with van der Waals surface area (Å²) in [7, 11) is 0. The first-order valence-electron chi connectivity index (χ1n) is 19.6. The average Bonchev–Trinajstić information content (AvgIpc) is 3.72. The van der Waals surface area contributed by atoms with Gasteiger partial charge in [-0.2, -0.15) is 0 Å². The summed E-state index contributed by atoms with van der Waals surface area (Å²) in [4.78, 5) is 2.59. The molecule has 0 amide bonds. The van der Waals surface area contributed by atoms with E-state index in [0.29, 0.717) is 0 Å². The van der Waals surface area contributed by atoms with Crippen LogP contribution in [0.3, 0.4) is 0 Å². The van der Waals surface area contributed by atoms with Gasteiger partial charge in [-0.25, -0.2) is 0 Å². The fraction of sp³-hybridized carbons (Fsp3) is 0.111. The second kappa shape index (κ2) is 13.5. The van der Waals surface area contributed by atoms with Crippen LogP contribution in [0.15, 0.2) is 206 Å². The summed E-state index contributed by atoms with van der Waals surface area (Å²) < 4.78 is 0. The van der Waals surface area contributed by atoms with Crippen LogP contribution in [0.4, 0.5) is 0 Å². The minimum Gasteiger partial charge on any atom is -0.295 e. The molecule has 0 atom stereocenters. The number of rotatable bonds is 9. The van der Waals surface area contributed by atoms with Crippen molar-refractivity contribution < 1.29 is 0 Å². The highest BCUT2D eigenvalue weighted by molar-refractivity contribution is 5.87. The monoisotopic (exact) mass is 705 g/mol. The Kier molecular flexibility index (Phi) is 8.20. The Morgan fingerprint density at radius 2 is 0.636 bits per heavy atom. The van der Waals surface area contributed by atoms with Gasteiger partial charge in [-0.3, -0.25) is 4.90 Å². The van der Waals surface area contributed by atoms with Gasteiger partial charge in [-0.05, 0) is 84.4 Å². The maximum atomic E-state index is 2.59. The standard InChI is InChI=1S/C54H43N/c1-2-55(37-39-31-33-47-45-27-15-17-29-49(45)53(51(47)35-39,41-19-7-3-8-20-41)42-21-9-4-10-22-42)38-40-32-34-48-46-28-16-18-30-50(46)54(52(48)36-40,43-23-11-5-12-24-43)44-25-13-6-14-26-44/h3-36H,2,37-38H2,1H3. The van der Waals surface area contributed by atoms with Gasteiger partial charge in [-0.15, -0.1) is 0 Å². The van der Waals surface area contributed by atoms with Crippen LogP contribution in [0.5, 0.6) is 0 Å². The van der Waals surface area contributed by atoms with Crippen LogP contribution in [-0.2, 0) is 23.9 Å². The fourth-order valence-corrected chi connectivity index (χ4v) is 9.98. The molecule has 2 aliphatic carbocycles. The second-order valence-electron chi connectivity index (χ2n) is 15.1. The summed E-state index contributed by atoms with van der Waals surface area (Å²) in [5.41, 5.74) is 17.8. The van der Waals surface area contributed by atoms with Crippen LogP contribution in [0, 0.1) is 0 Å². The maximum Gasteiger partial charge on any atom is 0.0713 e. The summed E-state index contributed by atoms with van der Waals surface area (Å²) in [6.45, 7) is 4.96. The van der Waals surface area contributed by atoms with E-state index in [-0.39, 0.29) is 0 Å². The minimum atomic E-state index is -0.394. The van der Waals surface area contributed by atoms with Crippen LogP contribution in [0.25, 0.3) is 22.3 Å². The Morgan fingerprint density at radius 3 is 0.982 bits per heavy atom. The van der Waals surface area contributed by atoms with Gasteiger partial charge in [0, 0.05) is 13.1 Å². The third-order valence-electron chi connectivity index (χ3n) is 12.3. The SMILES string of the molecule is CCN(Cc1ccc2c(c1)C(c1ccccc1)(c1ccccc1)c1ccccc1-2)Cc1ccc2c(c1)C(c1ccccc1)(c1ccccc1)c1ccccc1-2. The van der Waals surface area contributed by atoms with Gasteiger partial charge in [0.15, 0.2) is 0 Å². The first kappa shape index (κ1) is 33.3. The molecule has 0 aliphatic heterocycles. The molecule has 2 aliphatic rings. The molecule has 0 heterocycles. The number of benzene rings is 8. The Labute approximate surface area is 325 Å². The van der Waals surface area contributed by atoms with Crippen molar-refractivity contribution in [3.8, 4) is 22.3 Å². The van der Waals surface area contributed by atoms with Crippen molar-refractivity contribution in [2.24, 2.45) is 0 Å². The smallest absolute Gasteiger partial charge is 0.0713 e. The first-order valence-corrected chi connectivity index (χ1v) is 19.6. The number of hydrogen-bond donors (Lipinski definition) is 0. The molecule has 264 valence electrons. The topological polar surface area (TPSA) is 3.24 Å². The normalized spacial score (nSPS) is 14.2. The van der Waals surface area contributed by atoms with Crippen LogP contribution >= 0.6 is 0 Å². The molecular formula is C54H43N. The van der Waals surface area contributed by atoms with E-state index in [1.54, 1.807) is 0 Å². The van der Waals surface area contributed by atoms with Gasteiger partial charge in [0.25, 0.3) is 0 Å². The van der Waals surface area contributed by atoms with Crippen molar-refractivity contribution >= 4 is 0 Å². The van der Waals surface area contributed by atoms with E-state index >= 15 is 0 Å². The molecule has 0 unspecified atom stereocenters. The van der Waals surface area contributed by atoms with E-state index < -0.39 is 10.8 Å². The largest absolute Gasteiger partial charge is 0.295 e. The lowest BCUT2D eigenvalue weighted by molar-refractivity contribution is 0.271. The Hall–Kier alpha value is -6.28. The van der Waals surface area contributed by atoms with Gasteiger partial charge < -0.3 is 0 Å². The van der Waals surface area contributed by atoms with E-state index in [9.17, 15) is 0 Å². The van der Waals surface area contributed by atoms with Crippen molar-refractivity contribution in [1.82, 2.24) is 4.90 Å². The van der Waals surface area contributed by atoms with Crippen LogP contribution in [0.1, 0.15) is 62.6 Å². The quantitative estimate of drug-likeness (QED) is 0.144. The molecule has 0 spiro atoms. The Bertz CT molecular complexity index is 2360. The molecule has 0 bridgehead atoms. The summed E-state index contributed by atoms with van der Waals surface area (Å²) in [6.07, 6.45) is 0. The van der Waals surface area contributed by atoms with Crippen molar-refractivity contribution in [3.63, 3.8) is 0 Å². The minimum absolute atomic E-state index is 0.394. The predicted octanol–water partition coefficient (Wildman–Crippen LogP) is 12.4. The van der Waals surface area contributed by atoms with E-state index in [2.05, 4.69) is 218 Å². The highest BCUT2D eigenvalue weighted by Crippen LogP contribution is 2.57. The molecule has 0 fully saturated rings. The second-order valence-corrected chi connectivity index (χ2v) is 15.1. The summed E-state index contributed by atoms with van der Waals surface area (Å²) in [5, 5.41) is 0. The third kappa shape index (κ3) is 5.11. The predicted molar refractivity (Wildman–Crippen MR) is 227 cm³/mol. The van der Waals surface area contributed by atoms with E-state index in [1.165, 1.54) is 77.9 Å². The molecular weight excluding hydrogens is 663 g/mol. The molecule has 8 aromatic carbocycles. The van der Waals surface area contributed by atoms with Crippen molar-refractivity contribution in [3.05, 3.63) is 262 Å². The van der Waals surface area contributed by atoms with E-state index in [0.717, 1.165) is 19.6 Å². The van der Waals surface area contributed by atoms with Crippen molar-refractivity contribution in [2.75, 3.05) is 6.54 Å². The van der Waals surface area contributed by atoms with Crippen LogP contribution in [-0.4, -0.2) is 11.4 Å². The molecule has 8 aromatic rings. The highest BCUT2D eigenvalue weighted by Gasteiger charge is 2.47. The highest BCUT2D eigenvalue weighted by atomic mass is 15.1. The molecule has 0 N–H and O–H groups in total. The van der Waals surface area contributed by atoms with Gasteiger partial charge in [0.2, 0.25) is 0 Å². The molecule has 1 nitrogen and oxygen atoms in total. The molecule has 0 saturated carbocycles. The Balaban J connectivity index is 1.06. The van der Waals surface area contributed by atoms with Crippen molar-refractivity contribution in [1.29, 1.82) is 0 Å². The Morgan fingerprint density at radius 1 is 0.327 bits per heavy atom. The molecule has 10 rings (SSSR count). The van der Waals surface area contributed by atoms with Gasteiger partial charge in [-0.1, -0.05) is 213 Å². The summed E-state index contributed by atoms with van der Waals surface area (Å²) >= 11 is 0. The van der Waals surface area contributed by atoms with Gasteiger partial charge in [0.1, 0.15) is 0 Å². The lowest BCUT2D eigenvalue weighted by Crippen LogP contribution is -2.29. The number of fused-ring (bicyclic) bond motifs is 6. The number of hydrogen-bond acceptors (Lipinski definition) is 1. The zero-order chi connectivity index (χ0) is 36.8. The molecule has 0 saturated heterocycles. The van der Waals surface area contributed by atoms with Crippen molar-refractivity contribution in [2.45, 2.75) is 30.8 Å². The van der Waals surface area contributed by atoms with Gasteiger partial charge >= 0.3 is 0 Å². The van der Waals surface area contributed by atoms with Gasteiger partial charge in [0.05, 0.1) is 10.8 Å². The fourth-order valence-electron chi connectivity index (χ4n) is 9.98. The lowest BCUT2D eigenvalue weighted by Gasteiger charge is -2.34. The summed E-state index contributed by atoms with van der Waals surface area (Å²) in [6, 6.07) is 77.0. The zero-order valence-corrected chi connectivity index (χ0v) is 31.2. The summed E-state index contributed by atoms with van der Waals surface area (Å²) in [5.74, 6) is 0. The molecule has 0 radical (unpaired) electrons. The molecule has 0 aromatic heterocycles.